The number of nitrogens with zero attached hydrogens (tertiary/aromatic N) is 1. The van der Waals surface area contributed by atoms with Crippen molar-refractivity contribution in [3.63, 3.8) is 0 Å². The van der Waals surface area contributed by atoms with Crippen molar-refractivity contribution in [2.45, 2.75) is 44.6 Å². The number of hydrogen-bond donors (Lipinski definition) is 2. The third kappa shape index (κ3) is 6.42. The van der Waals surface area contributed by atoms with Crippen LogP contribution in [-0.4, -0.2) is 32.7 Å². The average molecular weight is 417 g/mol. The molecule has 0 bridgehead atoms. The maximum atomic E-state index is 5.25. The van der Waals surface area contributed by atoms with Gasteiger partial charge in [-0.25, -0.2) is 0 Å². The second-order valence-corrected chi connectivity index (χ2v) is 5.58. The van der Waals surface area contributed by atoms with Crippen LogP contribution < -0.4 is 15.4 Å². The Balaban J connectivity index is 0.00000242. The first-order valence-electron chi connectivity index (χ1n) is 7.92. The van der Waals surface area contributed by atoms with Gasteiger partial charge >= 0.3 is 0 Å². The summed E-state index contributed by atoms with van der Waals surface area (Å²) in [4.78, 5) is 4.32. The van der Waals surface area contributed by atoms with Gasteiger partial charge in [0.1, 0.15) is 5.75 Å². The summed E-state index contributed by atoms with van der Waals surface area (Å²) < 4.78 is 5.25. The van der Waals surface area contributed by atoms with Gasteiger partial charge in [-0.1, -0.05) is 31.4 Å². The number of nitrogens with one attached hydrogen (secondary N) is 2. The van der Waals surface area contributed by atoms with Gasteiger partial charge < -0.3 is 15.4 Å². The molecule has 0 aromatic heterocycles. The van der Waals surface area contributed by atoms with Crippen molar-refractivity contribution in [2.75, 3.05) is 20.7 Å². The van der Waals surface area contributed by atoms with E-state index in [0.29, 0.717) is 6.04 Å². The van der Waals surface area contributed by atoms with E-state index in [9.17, 15) is 0 Å². The topological polar surface area (TPSA) is 45.7 Å². The van der Waals surface area contributed by atoms with Crippen molar-refractivity contribution in [1.29, 1.82) is 0 Å². The standard InChI is InChI=1S/C17H27N3O.HI/c1-18-17(20-15-8-4-3-5-9-15)19-12-11-14-7-6-10-16(13-14)21-2;/h6-7,10,13,15H,3-5,8-9,11-12H2,1-2H3,(H2,18,19,20);1H. The second-order valence-electron chi connectivity index (χ2n) is 5.58. The quantitative estimate of drug-likeness (QED) is 0.439. The number of hydrogen-bond acceptors (Lipinski definition) is 2. The van der Waals surface area contributed by atoms with Gasteiger partial charge in [-0.3, -0.25) is 4.99 Å². The summed E-state index contributed by atoms with van der Waals surface area (Å²) >= 11 is 0. The molecule has 4 nitrogen and oxygen atoms in total. The van der Waals surface area contributed by atoms with E-state index in [4.69, 9.17) is 4.74 Å². The summed E-state index contributed by atoms with van der Waals surface area (Å²) in [6, 6.07) is 8.80. The Morgan fingerprint density at radius 3 is 2.73 bits per heavy atom. The third-order valence-electron chi connectivity index (χ3n) is 4.01. The zero-order valence-electron chi connectivity index (χ0n) is 13.6. The van der Waals surface area contributed by atoms with Gasteiger partial charge in [0, 0.05) is 19.6 Å². The van der Waals surface area contributed by atoms with Crippen molar-refractivity contribution in [3.05, 3.63) is 29.8 Å². The molecule has 0 radical (unpaired) electrons. The summed E-state index contributed by atoms with van der Waals surface area (Å²) in [6.45, 7) is 0.875. The monoisotopic (exact) mass is 417 g/mol. The van der Waals surface area contributed by atoms with E-state index in [1.807, 2.05) is 19.2 Å². The smallest absolute Gasteiger partial charge is 0.191 e. The molecule has 0 atom stereocenters. The van der Waals surface area contributed by atoms with Crippen molar-refractivity contribution >= 4 is 29.9 Å². The lowest BCUT2D eigenvalue weighted by Crippen LogP contribution is -2.44. The second kappa shape index (κ2) is 10.7. The normalized spacial score (nSPS) is 15.8. The molecule has 2 N–H and O–H groups in total. The fourth-order valence-electron chi connectivity index (χ4n) is 2.79. The molecule has 1 aromatic rings. The number of guanidine groups is 1. The maximum absolute atomic E-state index is 5.25. The van der Waals surface area contributed by atoms with Crippen LogP contribution in [0.3, 0.4) is 0 Å². The minimum Gasteiger partial charge on any atom is -0.497 e. The molecule has 0 spiro atoms. The summed E-state index contributed by atoms with van der Waals surface area (Å²) in [5, 5.41) is 6.93. The van der Waals surface area contributed by atoms with Crippen molar-refractivity contribution in [1.82, 2.24) is 10.6 Å². The largest absolute Gasteiger partial charge is 0.497 e. The summed E-state index contributed by atoms with van der Waals surface area (Å²) in [6.07, 6.45) is 7.52. The molecule has 5 heteroatoms. The van der Waals surface area contributed by atoms with Crippen LogP contribution in [0.2, 0.25) is 0 Å². The summed E-state index contributed by atoms with van der Waals surface area (Å²) in [5.74, 6) is 1.84. The van der Waals surface area contributed by atoms with E-state index in [1.54, 1.807) is 7.11 Å². The Labute approximate surface area is 151 Å². The fraction of sp³-hybridized carbons (Fsp3) is 0.588. The van der Waals surface area contributed by atoms with Gasteiger partial charge in [-0.2, -0.15) is 0 Å². The highest BCUT2D eigenvalue weighted by molar-refractivity contribution is 14.0. The Bertz CT molecular complexity index is 459. The molecule has 1 aliphatic carbocycles. The Morgan fingerprint density at radius 2 is 2.05 bits per heavy atom. The first-order valence-corrected chi connectivity index (χ1v) is 7.92. The molecule has 0 heterocycles. The first-order chi connectivity index (χ1) is 10.3. The van der Waals surface area contributed by atoms with Crippen LogP contribution >= 0.6 is 24.0 Å². The third-order valence-corrected chi connectivity index (χ3v) is 4.01. The van der Waals surface area contributed by atoms with Crippen LogP contribution in [0.15, 0.2) is 29.3 Å². The van der Waals surface area contributed by atoms with E-state index in [1.165, 1.54) is 37.7 Å². The van der Waals surface area contributed by atoms with Crippen molar-refractivity contribution in [3.8, 4) is 5.75 Å². The van der Waals surface area contributed by atoms with Crippen LogP contribution in [-0.2, 0) is 6.42 Å². The molecule has 124 valence electrons. The molecule has 1 saturated carbocycles. The van der Waals surface area contributed by atoms with Crippen LogP contribution in [0.4, 0.5) is 0 Å². The minimum atomic E-state index is 0. The predicted octanol–water partition coefficient (Wildman–Crippen LogP) is 3.35. The summed E-state index contributed by atoms with van der Waals surface area (Å²) in [5.41, 5.74) is 1.27. The van der Waals surface area contributed by atoms with Crippen molar-refractivity contribution in [2.24, 2.45) is 4.99 Å². The molecule has 1 aliphatic rings. The molecule has 22 heavy (non-hydrogen) atoms. The van der Waals surface area contributed by atoms with Gasteiger partial charge in [-0.05, 0) is 37.0 Å². The van der Waals surface area contributed by atoms with E-state index < -0.39 is 0 Å². The van der Waals surface area contributed by atoms with Gasteiger partial charge in [0.15, 0.2) is 5.96 Å². The number of rotatable bonds is 5. The molecule has 1 fully saturated rings. The lowest BCUT2D eigenvalue weighted by atomic mass is 9.96. The Hall–Kier alpha value is -0.980. The Morgan fingerprint density at radius 1 is 1.27 bits per heavy atom. The number of halogens is 1. The van der Waals surface area contributed by atoms with E-state index in [2.05, 4.69) is 27.8 Å². The molecule has 0 unspecified atom stereocenters. The van der Waals surface area contributed by atoms with Crippen molar-refractivity contribution < 1.29 is 4.74 Å². The lowest BCUT2D eigenvalue weighted by Gasteiger charge is -2.24. The predicted molar refractivity (Wildman–Crippen MR) is 103 cm³/mol. The lowest BCUT2D eigenvalue weighted by molar-refractivity contribution is 0.410. The van der Waals surface area contributed by atoms with Crippen LogP contribution in [0.5, 0.6) is 5.75 Å². The molecule has 2 rings (SSSR count). The highest BCUT2D eigenvalue weighted by Gasteiger charge is 2.14. The van der Waals surface area contributed by atoms with Crippen LogP contribution in [0.25, 0.3) is 0 Å². The van der Waals surface area contributed by atoms with Gasteiger partial charge in [0.25, 0.3) is 0 Å². The zero-order chi connectivity index (χ0) is 14.9. The fourth-order valence-corrected chi connectivity index (χ4v) is 2.79. The van der Waals surface area contributed by atoms with Crippen LogP contribution in [0.1, 0.15) is 37.7 Å². The summed E-state index contributed by atoms with van der Waals surface area (Å²) in [7, 11) is 3.54. The number of benzene rings is 1. The average Bonchev–Trinajstić information content (AvgIpc) is 2.55. The van der Waals surface area contributed by atoms with Crippen LogP contribution in [0, 0.1) is 0 Å². The van der Waals surface area contributed by atoms with Gasteiger partial charge in [0.05, 0.1) is 7.11 Å². The highest BCUT2D eigenvalue weighted by atomic mass is 127. The molecule has 0 amide bonds. The molecular weight excluding hydrogens is 389 g/mol. The minimum absolute atomic E-state index is 0. The van der Waals surface area contributed by atoms with E-state index >= 15 is 0 Å². The van der Waals surface area contributed by atoms with Gasteiger partial charge in [-0.15, -0.1) is 24.0 Å². The first kappa shape index (κ1) is 19.1. The maximum Gasteiger partial charge on any atom is 0.191 e. The zero-order valence-corrected chi connectivity index (χ0v) is 15.9. The SMILES string of the molecule is CN=C(NCCc1cccc(OC)c1)NC1CCCCC1.I. The molecule has 0 saturated heterocycles. The molecular formula is C17H28IN3O. The van der Waals surface area contributed by atoms with E-state index in [0.717, 1.165) is 24.7 Å². The number of ether oxygens (including phenoxy) is 1. The number of aliphatic imine (C=N–C) groups is 1. The van der Waals surface area contributed by atoms with E-state index in [-0.39, 0.29) is 24.0 Å². The highest BCUT2D eigenvalue weighted by Crippen LogP contribution is 2.17. The Kier molecular flexibility index (Phi) is 9.27. The molecule has 0 aliphatic heterocycles. The molecule has 1 aromatic carbocycles. The van der Waals surface area contributed by atoms with Gasteiger partial charge in [0.2, 0.25) is 0 Å². The number of methoxy groups -OCH3 is 1.